The highest BCUT2D eigenvalue weighted by Crippen LogP contribution is 2.34. The molecule has 3 aromatic rings. The number of carbonyl (C=O) groups excluding carboxylic acids is 1. The fraction of sp³-hybridized carbons (Fsp3) is 0.0952. The van der Waals surface area contributed by atoms with Gasteiger partial charge in [0.2, 0.25) is 6.10 Å². The summed E-state index contributed by atoms with van der Waals surface area (Å²) in [6.07, 6.45) is -0.775. The molecule has 0 radical (unpaired) electrons. The average molecular weight is 382 g/mol. The van der Waals surface area contributed by atoms with Crippen LogP contribution in [0.4, 0.5) is 5.69 Å². The molecule has 1 N–H and O–H groups in total. The van der Waals surface area contributed by atoms with E-state index in [1.807, 2.05) is 42.5 Å². The molecule has 1 unspecified atom stereocenters. The van der Waals surface area contributed by atoms with Gasteiger partial charge in [0.15, 0.2) is 17.2 Å². The summed E-state index contributed by atoms with van der Waals surface area (Å²) in [6.45, 7) is 0.123. The summed E-state index contributed by atoms with van der Waals surface area (Å²) >= 11 is 6.09. The Bertz CT molecular complexity index is 961. The van der Waals surface area contributed by atoms with E-state index in [-0.39, 0.29) is 12.5 Å². The molecule has 1 aliphatic rings. The third-order valence-corrected chi connectivity index (χ3v) is 4.21. The van der Waals surface area contributed by atoms with Crippen molar-refractivity contribution in [2.75, 3.05) is 11.9 Å². The Morgan fingerprint density at radius 2 is 1.74 bits per heavy atom. The van der Waals surface area contributed by atoms with Crippen molar-refractivity contribution in [3.8, 4) is 23.0 Å². The van der Waals surface area contributed by atoms with Crippen LogP contribution in [-0.2, 0) is 4.79 Å². The van der Waals surface area contributed by atoms with Gasteiger partial charge in [0.1, 0.15) is 12.4 Å². The zero-order valence-electron chi connectivity index (χ0n) is 14.2. The van der Waals surface area contributed by atoms with E-state index >= 15 is 0 Å². The van der Waals surface area contributed by atoms with Crippen molar-refractivity contribution in [2.45, 2.75) is 6.10 Å². The third kappa shape index (κ3) is 3.99. The largest absolute Gasteiger partial charge is 0.485 e. The SMILES string of the molecule is O=C(Nc1cc(Cl)ccc1Oc1ccccc1)C1COc2ccccc2O1. The lowest BCUT2D eigenvalue weighted by Gasteiger charge is -2.25. The molecular formula is C21H16ClNO4. The van der Waals surface area contributed by atoms with E-state index in [2.05, 4.69) is 5.32 Å². The minimum atomic E-state index is -0.775. The second-order valence-electron chi connectivity index (χ2n) is 5.91. The number of carbonyl (C=O) groups is 1. The molecule has 0 spiro atoms. The Morgan fingerprint density at radius 3 is 2.56 bits per heavy atom. The quantitative estimate of drug-likeness (QED) is 0.697. The Kier molecular flexibility index (Phi) is 4.85. The smallest absolute Gasteiger partial charge is 0.269 e. The van der Waals surface area contributed by atoms with Crippen molar-refractivity contribution in [3.05, 3.63) is 77.8 Å². The molecule has 1 aliphatic heterocycles. The molecule has 0 aromatic heterocycles. The summed E-state index contributed by atoms with van der Waals surface area (Å²) in [4.78, 5) is 12.7. The number of ether oxygens (including phenoxy) is 3. The number of benzene rings is 3. The fourth-order valence-electron chi connectivity index (χ4n) is 2.67. The predicted octanol–water partition coefficient (Wildman–Crippen LogP) is 4.91. The normalized spacial score (nSPS) is 15.1. The van der Waals surface area contributed by atoms with Crippen molar-refractivity contribution in [1.82, 2.24) is 0 Å². The maximum atomic E-state index is 12.7. The van der Waals surface area contributed by atoms with E-state index in [1.54, 1.807) is 30.3 Å². The zero-order valence-corrected chi connectivity index (χ0v) is 15.0. The highest BCUT2D eigenvalue weighted by molar-refractivity contribution is 6.31. The number of amides is 1. The predicted molar refractivity (Wildman–Crippen MR) is 103 cm³/mol. The summed E-state index contributed by atoms with van der Waals surface area (Å²) in [7, 11) is 0. The van der Waals surface area contributed by atoms with Crippen LogP contribution in [0.2, 0.25) is 5.02 Å². The first-order valence-corrected chi connectivity index (χ1v) is 8.78. The number of nitrogens with one attached hydrogen (secondary N) is 1. The summed E-state index contributed by atoms with van der Waals surface area (Å²) in [6, 6.07) is 21.6. The van der Waals surface area contributed by atoms with E-state index in [1.165, 1.54) is 0 Å². The van der Waals surface area contributed by atoms with Gasteiger partial charge in [-0.05, 0) is 42.5 Å². The number of halogens is 1. The fourth-order valence-corrected chi connectivity index (χ4v) is 2.84. The molecule has 4 rings (SSSR count). The second-order valence-corrected chi connectivity index (χ2v) is 6.35. The number of hydrogen-bond acceptors (Lipinski definition) is 4. The topological polar surface area (TPSA) is 56.8 Å². The van der Waals surface area contributed by atoms with Crippen molar-refractivity contribution >= 4 is 23.2 Å². The summed E-state index contributed by atoms with van der Waals surface area (Å²) in [5, 5.41) is 3.30. The summed E-state index contributed by atoms with van der Waals surface area (Å²) in [5.41, 5.74) is 0.457. The van der Waals surface area contributed by atoms with Crippen molar-refractivity contribution in [1.29, 1.82) is 0 Å². The number of anilines is 1. The minimum absolute atomic E-state index is 0.123. The number of para-hydroxylation sites is 3. The lowest BCUT2D eigenvalue weighted by molar-refractivity contribution is -0.125. The van der Waals surface area contributed by atoms with Gasteiger partial charge in [-0.2, -0.15) is 0 Å². The van der Waals surface area contributed by atoms with Crippen LogP contribution in [0.1, 0.15) is 0 Å². The molecule has 0 saturated carbocycles. The average Bonchev–Trinajstić information content (AvgIpc) is 2.70. The first kappa shape index (κ1) is 17.2. The number of rotatable bonds is 4. The Hall–Kier alpha value is -3.18. The van der Waals surface area contributed by atoms with Crippen LogP contribution in [-0.4, -0.2) is 18.6 Å². The third-order valence-electron chi connectivity index (χ3n) is 3.97. The van der Waals surface area contributed by atoms with Gasteiger partial charge in [-0.25, -0.2) is 0 Å². The molecule has 0 bridgehead atoms. The molecule has 27 heavy (non-hydrogen) atoms. The summed E-state index contributed by atoms with van der Waals surface area (Å²) in [5.74, 6) is 1.95. The van der Waals surface area contributed by atoms with Crippen LogP contribution in [0.3, 0.4) is 0 Å². The van der Waals surface area contributed by atoms with E-state index in [0.717, 1.165) is 0 Å². The van der Waals surface area contributed by atoms with Gasteiger partial charge in [-0.1, -0.05) is 41.9 Å². The molecule has 5 nitrogen and oxygen atoms in total. The van der Waals surface area contributed by atoms with E-state index < -0.39 is 6.10 Å². The highest BCUT2D eigenvalue weighted by Gasteiger charge is 2.28. The van der Waals surface area contributed by atoms with E-state index in [9.17, 15) is 4.79 Å². The lowest BCUT2D eigenvalue weighted by Crippen LogP contribution is -2.40. The Morgan fingerprint density at radius 1 is 1.00 bits per heavy atom. The molecule has 6 heteroatoms. The number of hydrogen-bond donors (Lipinski definition) is 1. The number of fused-ring (bicyclic) bond motifs is 1. The summed E-state index contributed by atoms with van der Waals surface area (Å²) < 4.78 is 17.2. The van der Waals surface area contributed by atoms with Gasteiger partial charge in [0.05, 0.1) is 5.69 Å². The Balaban J connectivity index is 1.52. The maximum Gasteiger partial charge on any atom is 0.269 e. The Labute approximate surface area is 161 Å². The molecule has 0 fully saturated rings. The molecular weight excluding hydrogens is 366 g/mol. The standard InChI is InChI=1S/C21H16ClNO4/c22-14-10-11-17(26-15-6-2-1-3-7-15)16(12-14)23-21(24)20-13-25-18-8-4-5-9-19(18)27-20/h1-12,20H,13H2,(H,23,24). The van der Waals surface area contributed by atoms with Crippen molar-refractivity contribution in [3.63, 3.8) is 0 Å². The molecule has 0 saturated heterocycles. The van der Waals surface area contributed by atoms with Crippen LogP contribution in [0.15, 0.2) is 72.8 Å². The van der Waals surface area contributed by atoms with Gasteiger partial charge in [0.25, 0.3) is 5.91 Å². The molecule has 3 aromatic carbocycles. The molecule has 1 atom stereocenters. The van der Waals surface area contributed by atoms with Gasteiger partial charge in [0, 0.05) is 5.02 Å². The molecule has 136 valence electrons. The molecule has 0 aliphatic carbocycles. The van der Waals surface area contributed by atoms with Gasteiger partial charge < -0.3 is 19.5 Å². The van der Waals surface area contributed by atoms with Gasteiger partial charge in [-0.3, -0.25) is 4.79 Å². The van der Waals surface area contributed by atoms with Crippen LogP contribution in [0, 0.1) is 0 Å². The highest BCUT2D eigenvalue weighted by atomic mass is 35.5. The van der Waals surface area contributed by atoms with Crippen molar-refractivity contribution < 1.29 is 19.0 Å². The van der Waals surface area contributed by atoms with Crippen LogP contribution in [0.5, 0.6) is 23.0 Å². The van der Waals surface area contributed by atoms with Crippen LogP contribution >= 0.6 is 11.6 Å². The first-order chi connectivity index (χ1) is 13.2. The first-order valence-electron chi connectivity index (χ1n) is 8.41. The van der Waals surface area contributed by atoms with Gasteiger partial charge in [-0.15, -0.1) is 0 Å². The monoisotopic (exact) mass is 381 g/mol. The van der Waals surface area contributed by atoms with E-state index in [0.29, 0.717) is 33.7 Å². The molecule has 1 heterocycles. The van der Waals surface area contributed by atoms with Gasteiger partial charge >= 0.3 is 0 Å². The lowest BCUT2D eigenvalue weighted by atomic mass is 10.2. The zero-order chi connectivity index (χ0) is 18.6. The second kappa shape index (κ2) is 7.60. The minimum Gasteiger partial charge on any atom is -0.485 e. The van der Waals surface area contributed by atoms with Crippen molar-refractivity contribution in [2.24, 2.45) is 0 Å². The van der Waals surface area contributed by atoms with Crippen LogP contribution < -0.4 is 19.5 Å². The molecule has 1 amide bonds. The maximum absolute atomic E-state index is 12.7. The van der Waals surface area contributed by atoms with E-state index in [4.69, 9.17) is 25.8 Å². The van der Waals surface area contributed by atoms with Crippen LogP contribution in [0.25, 0.3) is 0 Å².